The van der Waals surface area contributed by atoms with Crippen molar-refractivity contribution in [1.82, 2.24) is 10.2 Å². The molecule has 2 fully saturated rings. The second-order valence-electron chi connectivity index (χ2n) is 7.95. The molecule has 21 heavy (non-hydrogen) atoms. The van der Waals surface area contributed by atoms with Crippen molar-refractivity contribution in [3.05, 3.63) is 0 Å². The zero-order valence-electron chi connectivity index (χ0n) is 15.1. The zero-order valence-corrected chi connectivity index (χ0v) is 15.1. The predicted octanol–water partition coefficient (Wildman–Crippen LogP) is 3.87. The van der Waals surface area contributed by atoms with E-state index in [1.807, 2.05) is 0 Å². The van der Waals surface area contributed by atoms with Crippen LogP contribution in [-0.4, -0.2) is 37.6 Å². The summed E-state index contributed by atoms with van der Waals surface area (Å²) in [5, 5.41) is 3.56. The molecule has 0 amide bonds. The van der Waals surface area contributed by atoms with E-state index in [0.29, 0.717) is 0 Å². The molecule has 2 heteroatoms. The Kier molecular flexibility index (Phi) is 6.55. The molecule has 124 valence electrons. The maximum Gasteiger partial charge on any atom is 0.00158 e. The van der Waals surface area contributed by atoms with Gasteiger partial charge in [0.15, 0.2) is 0 Å². The lowest BCUT2D eigenvalue weighted by Crippen LogP contribution is -2.39. The Labute approximate surface area is 133 Å². The van der Waals surface area contributed by atoms with Crippen LogP contribution in [0.15, 0.2) is 0 Å². The molecule has 2 nitrogen and oxygen atoms in total. The van der Waals surface area contributed by atoms with Crippen LogP contribution >= 0.6 is 0 Å². The Bertz CT molecular complexity index is 304. The van der Waals surface area contributed by atoms with E-state index in [1.54, 1.807) is 0 Å². The molecule has 6 atom stereocenters. The molecular formula is C19H38N2. The standard InChI is InChI=1S/C19H38N2/c1-6-10-21-12-18-14(3)8-9-17(19(18)13-21)16(5)15(4)11-20-7-2/h14-20H,6-13H2,1-5H3. The number of nitrogens with zero attached hydrogens (tertiary/aromatic N) is 1. The highest BCUT2D eigenvalue weighted by molar-refractivity contribution is 4.96. The van der Waals surface area contributed by atoms with Crippen LogP contribution in [0.25, 0.3) is 0 Å². The maximum atomic E-state index is 3.56. The summed E-state index contributed by atoms with van der Waals surface area (Å²) in [6.07, 6.45) is 4.24. The van der Waals surface area contributed by atoms with Gasteiger partial charge < -0.3 is 10.2 Å². The van der Waals surface area contributed by atoms with Gasteiger partial charge in [-0.3, -0.25) is 0 Å². The van der Waals surface area contributed by atoms with Crippen molar-refractivity contribution in [3.63, 3.8) is 0 Å². The molecule has 6 unspecified atom stereocenters. The van der Waals surface area contributed by atoms with Crippen LogP contribution in [0.1, 0.15) is 53.9 Å². The van der Waals surface area contributed by atoms with Gasteiger partial charge in [-0.05, 0) is 68.0 Å². The van der Waals surface area contributed by atoms with Gasteiger partial charge in [-0.25, -0.2) is 0 Å². The Hall–Kier alpha value is -0.0800. The number of nitrogens with one attached hydrogen (secondary N) is 1. The smallest absolute Gasteiger partial charge is 0.00158 e. The van der Waals surface area contributed by atoms with Gasteiger partial charge in [0.2, 0.25) is 0 Å². The van der Waals surface area contributed by atoms with Crippen LogP contribution in [0.4, 0.5) is 0 Å². The topological polar surface area (TPSA) is 15.3 Å². The van der Waals surface area contributed by atoms with Crippen LogP contribution in [0.3, 0.4) is 0 Å². The number of hydrogen-bond donors (Lipinski definition) is 1. The average molecular weight is 295 g/mol. The number of hydrogen-bond acceptors (Lipinski definition) is 2. The molecule has 2 rings (SSSR count). The van der Waals surface area contributed by atoms with Crippen LogP contribution < -0.4 is 5.32 Å². The Morgan fingerprint density at radius 2 is 1.81 bits per heavy atom. The van der Waals surface area contributed by atoms with Gasteiger partial charge >= 0.3 is 0 Å². The van der Waals surface area contributed by atoms with Crippen molar-refractivity contribution in [1.29, 1.82) is 0 Å². The molecule has 0 aromatic heterocycles. The fraction of sp³-hybridized carbons (Fsp3) is 1.00. The zero-order chi connectivity index (χ0) is 15.4. The molecule has 1 N–H and O–H groups in total. The fourth-order valence-corrected chi connectivity index (χ4v) is 5.01. The molecule has 1 aliphatic heterocycles. The normalized spacial score (nSPS) is 36.4. The van der Waals surface area contributed by atoms with Gasteiger partial charge in [0, 0.05) is 13.1 Å². The van der Waals surface area contributed by atoms with Crippen molar-refractivity contribution in [2.24, 2.45) is 35.5 Å². The van der Waals surface area contributed by atoms with Gasteiger partial charge in [-0.1, -0.05) is 41.0 Å². The lowest BCUT2D eigenvalue weighted by atomic mass is 9.63. The quantitative estimate of drug-likeness (QED) is 0.767. The van der Waals surface area contributed by atoms with Gasteiger partial charge in [0.1, 0.15) is 0 Å². The molecule has 1 saturated heterocycles. The summed E-state index contributed by atoms with van der Waals surface area (Å²) < 4.78 is 0. The van der Waals surface area contributed by atoms with E-state index in [9.17, 15) is 0 Å². The van der Waals surface area contributed by atoms with E-state index in [1.165, 1.54) is 45.4 Å². The summed E-state index contributed by atoms with van der Waals surface area (Å²) in [6, 6.07) is 0. The summed E-state index contributed by atoms with van der Waals surface area (Å²) in [4.78, 5) is 2.76. The molecule has 0 spiro atoms. The van der Waals surface area contributed by atoms with Gasteiger partial charge in [0.05, 0.1) is 0 Å². The molecule has 0 aromatic carbocycles. The molecule has 1 aliphatic carbocycles. The van der Waals surface area contributed by atoms with Crippen molar-refractivity contribution in [2.45, 2.75) is 53.9 Å². The minimum atomic E-state index is 0.809. The SMILES string of the molecule is CCCN1CC2C(C)CCC(C(C)C(C)CNCC)C2C1. The van der Waals surface area contributed by atoms with E-state index >= 15 is 0 Å². The second kappa shape index (κ2) is 7.97. The summed E-state index contributed by atoms with van der Waals surface area (Å²) in [5.41, 5.74) is 0. The third-order valence-electron chi connectivity index (χ3n) is 6.55. The van der Waals surface area contributed by atoms with E-state index in [0.717, 1.165) is 42.1 Å². The highest BCUT2D eigenvalue weighted by atomic mass is 15.2. The first-order chi connectivity index (χ1) is 10.1. The molecule has 1 heterocycles. The first kappa shape index (κ1) is 17.3. The fourth-order valence-electron chi connectivity index (χ4n) is 5.01. The summed E-state index contributed by atoms with van der Waals surface area (Å²) in [5.74, 6) is 5.53. The summed E-state index contributed by atoms with van der Waals surface area (Å²) in [6.45, 7) is 18.4. The lowest BCUT2D eigenvalue weighted by molar-refractivity contribution is 0.0781. The Balaban J connectivity index is 1.99. The third-order valence-corrected chi connectivity index (χ3v) is 6.55. The monoisotopic (exact) mass is 294 g/mol. The van der Waals surface area contributed by atoms with Gasteiger partial charge in [-0.15, -0.1) is 0 Å². The van der Waals surface area contributed by atoms with Crippen LogP contribution in [-0.2, 0) is 0 Å². The van der Waals surface area contributed by atoms with E-state index < -0.39 is 0 Å². The average Bonchev–Trinajstić information content (AvgIpc) is 2.89. The lowest BCUT2D eigenvalue weighted by Gasteiger charge is -2.42. The van der Waals surface area contributed by atoms with Crippen molar-refractivity contribution < 1.29 is 0 Å². The summed E-state index contributed by atoms with van der Waals surface area (Å²) >= 11 is 0. The minimum absolute atomic E-state index is 0.809. The predicted molar refractivity (Wildman–Crippen MR) is 92.5 cm³/mol. The van der Waals surface area contributed by atoms with Crippen LogP contribution in [0, 0.1) is 35.5 Å². The molecule has 2 aliphatic rings. The summed E-state index contributed by atoms with van der Waals surface area (Å²) in [7, 11) is 0. The Morgan fingerprint density at radius 3 is 2.48 bits per heavy atom. The highest BCUT2D eigenvalue weighted by Crippen LogP contribution is 2.47. The van der Waals surface area contributed by atoms with Crippen LogP contribution in [0.2, 0.25) is 0 Å². The first-order valence-electron chi connectivity index (χ1n) is 9.51. The van der Waals surface area contributed by atoms with Crippen molar-refractivity contribution in [2.75, 3.05) is 32.7 Å². The molecule has 0 radical (unpaired) electrons. The van der Waals surface area contributed by atoms with Crippen molar-refractivity contribution in [3.8, 4) is 0 Å². The second-order valence-corrected chi connectivity index (χ2v) is 7.95. The van der Waals surface area contributed by atoms with E-state index in [-0.39, 0.29) is 0 Å². The molecular weight excluding hydrogens is 256 g/mol. The molecule has 0 aromatic rings. The minimum Gasteiger partial charge on any atom is -0.317 e. The maximum absolute atomic E-state index is 3.56. The van der Waals surface area contributed by atoms with Crippen molar-refractivity contribution >= 4 is 0 Å². The first-order valence-corrected chi connectivity index (χ1v) is 9.51. The molecule has 1 saturated carbocycles. The molecule has 0 bridgehead atoms. The number of rotatable bonds is 7. The Morgan fingerprint density at radius 1 is 1.10 bits per heavy atom. The van der Waals surface area contributed by atoms with E-state index in [2.05, 4.69) is 44.8 Å². The number of fused-ring (bicyclic) bond motifs is 1. The third kappa shape index (κ3) is 4.01. The van der Waals surface area contributed by atoms with Crippen LogP contribution in [0.5, 0.6) is 0 Å². The van der Waals surface area contributed by atoms with Gasteiger partial charge in [-0.2, -0.15) is 0 Å². The van der Waals surface area contributed by atoms with Gasteiger partial charge in [0.25, 0.3) is 0 Å². The largest absolute Gasteiger partial charge is 0.317 e. The number of likely N-dealkylation sites (tertiary alicyclic amines) is 1. The highest BCUT2D eigenvalue weighted by Gasteiger charge is 2.45. The van der Waals surface area contributed by atoms with E-state index in [4.69, 9.17) is 0 Å².